The Morgan fingerprint density at radius 1 is 0.750 bits per heavy atom. The summed E-state index contributed by atoms with van der Waals surface area (Å²) >= 11 is 0. The Morgan fingerprint density at radius 3 is 1.75 bits per heavy atom. The topological polar surface area (TPSA) is 131 Å². The third kappa shape index (κ3) is 14.4. The molecule has 0 aromatic heterocycles. The maximum absolute atomic E-state index is 12.7. The zero-order chi connectivity index (χ0) is 30.6. The second-order valence-electron chi connectivity index (χ2n) is 12.5. The van der Waals surface area contributed by atoms with Crippen molar-refractivity contribution in [1.29, 1.82) is 0 Å². The van der Waals surface area contributed by atoms with Crippen LogP contribution >= 0.6 is 0 Å². The van der Waals surface area contributed by atoms with Crippen molar-refractivity contribution in [2.24, 2.45) is 23.0 Å². The maximum atomic E-state index is 12.7. The molecule has 0 spiro atoms. The van der Waals surface area contributed by atoms with Crippen LogP contribution in [-0.4, -0.2) is 42.1 Å². The van der Waals surface area contributed by atoms with Crippen LogP contribution in [0, 0.1) is 17.3 Å². The number of esters is 4. The number of rotatable bonds is 15. The van der Waals surface area contributed by atoms with Gasteiger partial charge in [0.25, 0.3) is 0 Å². The van der Waals surface area contributed by atoms with Gasteiger partial charge >= 0.3 is 23.9 Å². The second-order valence-corrected chi connectivity index (χ2v) is 12.5. The lowest BCUT2D eigenvalue weighted by atomic mass is 9.92. The van der Waals surface area contributed by atoms with Gasteiger partial charge in [-0.3, -0.25) is 19.2 Å². The van der Waals surface area contributed by atoms with Crippen molar-refractivity contribution in [3.05, 3.63) is 23.8 Å². The third-order valence-corrected chi connectivity index (χ3v) is 6.02. The van der Waals surface area contributed by atoms with Gasteiger partial charge in [0.2, 0.25) is 0 Å². The normalized spacial score (nSPS) is 13.9. The lowest BCUT2D eigenvalue weighted by Crippen LogP contribution is -2.39. The van der Waals surface area contributed by atoms with Crippen molar-refractivity contribution < 1.29 is 38.1 Å². The average Bonchev–Trinajstić information content (AvgIpc) is 2.81. The van der Waals surface area contributed by atoms with Gasteiger partial charge in [-0.1, -0.05) is 54.5 Å². The second kappa shape index (κ2) is 16.4. The molecule has 0 saturated heterocycles. The summed E-state index contributed by atoms with van der Waals surface area (Å²) in [5, 5.41) is 0. The highest BCUT2D eigenvalue weighted by Gasteiger charge is 2.26. The summed E-state index contributed by atoms with van der Waals surface area (Å²) in [5.74, 6) is -1.01. The molecule has 2 N–H and O–H groups in total. The lowest BCUT2D eigenvalue weighted by molar-refractivity contribution is -0.167. The van der Waals surface area contributed by atoms with Crippen LogP contribution in [0.3, 0.4) is 0 Å². The van der Waals surface area contributed by atoms with Crippen molar-refractivity contribution >= 4 is 23.9 Å². The van der Waals surface area contributed by atoms with E-state index in [-0.39, 0.29) is 48.6 Å². The molecular weight excluding hydrogens is 514 g/mol. The van der Waals surface area contributed by atoms with Gasteiger partial charge in [0.15, 0.2) is 11.5 Å². The van der Waals surface area contributed by atoms with Crippen molar-refractivity contribution in [2.75, 3.05) is 0 Å². The Balaban J connectivity index is 2.91. The van der Waals surface area contributed by atoms with Gasteiger partial charge in [-0.15, -0.1) is 0 Å². The van der Waals surface area contributed by atoms with E-state index in [1.54, 1.807) is 26.0 Å². The van der Waals surface area contributed by atoms with E-state index in [1.807, 2.05) is 48.5 Å². The number of hydrogen-bond donors (Lipinski definition) is 1. The molecule has 226 valence electrons. The molecule has 1 aromatic carbocycles. The summed E-state index contributed by atoms with van der Waals surface area (Å²) in [4.78, 5) is 49.6. The number of benzene rings is 1. The van der Waals surface area contributed by atoms with E-state index in [0.29, 0.717) is 30.2 Å². The minimum atomic E-state index is -1.02. The highest BCUT2D eigenvalue weighted by molar-refractivity contribution is 5.77. The largest absolute Gasteiger partial charge is 0.459 e. The summed E-state index contributed by atoms with van der Waals surface area (Å²) in [7, 11) is 0. The molecule has 0 fully saturated rings. The zero-order valence-corrected chi connectivity index (χ0v) is 25.7. The number of hydrogen-bond acceptors (Lipinski definition) is 9. The van der Waals surface area contributed by atoms with E-state index >= 15 is 0 Å². The van der Waals surface area contributed by atoms with Crippen LogP contribution in [0.25, 0.3) is 0 Å². The van der Waals surface area contributed by atoms with Crippen molar-refractivity contribution in [1.82, 2.24) is 0 Å². The van der Waals surface area contributed by atoms with Crippen LogP contribution in [0.15, 0.2) is 18.2 Å². The molecule has 1 aromatic rings. The standard InChI is InChI=1S/C31H49NO8/c1-19(2)10-14-27(33)39-25-13-12-23(17-26(25)40-28(34)15-11-20(3)4)16-24(32)30(36)38-22(6)21(5)37-29(35)18-31(7,8)9/h12-13,17,19-22,24H,10-11,14-16,18,32H2,1-9H3/t21-,22-,24-/m0/s1. The van der Waals surface area contributed by atoms with Crippen LogP contribution in [0.4, 0.5) is 0 Å². The number of nitrogens with two attached hydrogens (primary N) is 1. The van der Waals surface area contributed by atoms with E-state index in [0.717, 1.165) is 0 Å². The highest BCUT2D eigenvalue weighted by Crippen LogP contribution is 2.30. The molecular formula is C31H49NO8. The Hall–Kier alpha value is -2.94. The Bertz CT molecular complexity index is 996. The molecule has 1 rings (SSSR count). The molecule has 0 unspecified atom stereocenters. The summed E-state index contributed by atoms with van der Waals surface area (Å²) in [6.45, 7) is 17.1. The molecule has 9 heteroatoms. The van der Waals surface area contributed by atoms with Crippen LogP contribution in [0.5, 0.6) is 11.5 Å². The van der Waals surface area contributed by atoms with Crippen molar-refractivity contribution in [2.45, 2.75) is 119 Å². The fraction of sp³-hybridized carbons (Fsp3) is 0.677. The van der Waals surface area contributed by atoms with E-state index in [9.17, 15) is 19.2 Å². The van der Waals surface area contributed by atoms with Crippen LogP contribution in [0.2, 0.25) is 0 Å². The maximum Gasteiger partial charge on any atom is 0.323 e. The Morgan fingerprint density at radius 2 is 1.25 bits per heavy atom. The first kappa shape index (κ1) is 35.1. The SMILES string of the molecule is CC(C)CCC(=O)Oc1ccc(C[C@H](N)C(=O)O[C@@H](C)[C@H](C)OC(=O)CC(C)(C)C)cc1OC(=O)CCC(C)C. The highest BCUT2D eigenvalue weighted by atomic mass is 16.6. The van der Waals surface area contributed by atoms with E-state index in [1.165, 1.54) is 6.07 Å². The average molecular weight is 564 g/mol. The van der Waals surface area contributed by atoms with Crippen molar-refractivity contribution in [3.63, 3.8) is 0 Å². The van der Waals surface area contributed by atoms with Crippen LogP contribution in [-0.2, 0) is 35.1 Å². The molecule has 0 aliphatic carbocycles. The predicted octanol–water partition coefficient (Wildman–Crippen LogP) is 5.54. The molecule has 9 nitrogen and oxygen atoms in total. The first-order valence-electron chi connectivity index (χ1n) is 14.2. The number of ether oxygens (including phenoxy) is 4. The smallest absolute Gasteiger partial charge is 0.323 e. The van der Waals surface area contributed by atoms with Gasteiger partial charge in [0, 0.05) is 12.8 Å². The fourth-order valence-corrected chi connectivity index (χ4v) is 3.49. The van der Waals surface area contributed by atoms with Gasteiger partial charge < -0.3 is 24.7 Å². The minimum Gasteiger partial charge on any atom is -0.459 e. The monoisotopic (exact) mass is 563 g/mol. The Kier molecular flexibility index (Phi) is 14.3. The molecule has 0 bridgehead atoms. The van der Waals surface area contributed by atoms with Gasteiger partial charge in [0.1, 0.15) is 18.2 Å². The van der Waals surface area contributed by atoms with E-state index in [4.69, 9.17) is 24.7 Å². The van der Waals surface area contributed by atoms with E-state index < -0.39 is 36.2 Å². The molecule has 0 saturated carbocycles. The van der Waals surface area contributed by atoms with Crippen molar-refractivity contribution in [3.8, 4) is 11.5 Å². The zero-order valence-electron chi connectivity index (χ0n) is 25.7. The molecule has 0 aliphatic heterocycles. The van der Waals surface area contributed by atoms with Gasteiger partial charge in [-0.2, -0.15) is 0 Å². The Labute approximate surface area is 239 Å². The molecule has 40 heavy (non-hydrogen) atoms. The molecule has 0 heterocycles. The third-order valence-electron chi connectivity index (χ3n) is 6.02. The predicted molar refractivity (Wildman–Crippen MR) is 153 cm³/mol. The number of carbonyl (C=O) groups excluding carboxylic acids is 4. The summed E-state index contributed by atoms with van der Waals surface area (Å²) in [6, 6.07) is 3.71. The molecule has 0 radical (unpaired) electrons. The van der Waals surface area contributed by atoms with E-state index in [2.05, 4.69) is 0 Å². The first-order chi connectivity index (χ1) is 18.5. The quantitative estimate of drug-likeness (QED) is 0.216. The fourth-order valence-electron chi connectivity index (χ4n) is 3.49. The molecule has 0 aliphatic rings. The summed E-state index contributed by atoms with van der Waals surface area (Å²) in [6.07, 6.45) is 0.752. The summed E-state index contributed by atoms with van der Waals surface area (Å²) in [5.41, 5.74) is 6.50. The first-order valence-corrected chi connectivity index (χ1v) is 14.2. The van der Waals surface area contributed by atoms with Gasteiger partial charge in [-0.25, -0.2) is 0 Å². The molecule has 3 atom stereocenters. The minimum absolute atomic E-state index is 0.0852. The van der Waals surface area contributed by atoms with Gasteiger partial charge in [0.05, 0.1) is 6.42 Å². The van der Waals surface area contributed by atoms with Crippen LogP contribution < -0.4 is 15.2 Å². The van der Waals surface area contributed by atoms with Gasteiger partial charge in [-0.05, 0) is 68.1 Å². The van der Waals surface area contributed by atoms with Crippen LogP contribution in [0.1, 0.15) is 100.0 Å². The number of carbonyl (C=O) groups is 4. The lowest BCUT2D eigenvalue weighted by Gasteiger charge is -2.24. The molecule has 0 amide bonds. The summed E-state index contributed by atoms with van der Waals surface area (Å²) < 4.78 is 21.9.